The van der Waals surface area contributed by atoms with Crippen molar-refractivity contribution in [1.82, 2.24) is 20.1 Å². The van der Waals surface area contributed by atoms with Crippen LogP contribution in [0.1, 0.15) is 21.5 Å². The first-order chi connectivity index (χ1) is 12.3. The summed E-state index contributed by atoms with van der Waals surface area (Å²) in [5.41, 5.74) is 1.80. The zero-order chi connectivity index (χ0) is 18.7. The van der Waals surface area contributed by atoms with Crippen molar-refractivity contribution >= 4 is 5.91 Å². The largest absolute Gasteiger partial charge is 0.416 e. The molecule has 5 nitrogen and oxygen atoms in total. The van der Waals surface area contributed by atoms with Crippen LogP contribution >= 0.6 is 0 Å². The Labute approximate surface area is 147 Å². The summed E-state index contributed by atoms with van der Waals surface area (Å²) in [7, 11) is 1.81. The Morgan fingerprint density at radius 1 is 1.12 bits per heavy atom. The molecule has 1 N–H and O–H groups in total. The second-order valence-corrected chi connectivity index (χ2v) is 5.71. The van der Waals surface area contributed by atoms with E-state index in [2.05, 4.69) is 15.4 Å². The van der Waals surface area contributed by atoms with Crippen LogP contribution in [0.2, 0.25) is 0 Å². The average Bonchev–Trinajstić information content (AvgIpc) is 3.06. The van der Waals surface area contributed by atoms with Crippen LogP contribution in [0.5, 0.6) is 0 Å². The molecule has 0 saturated carbocycles. The fourth-order valence-corrected chi connectivity index (χ4v) is 2.35. The van der Waals surface area contributed by atoms with Crippen molar-refractivity contribution in [3.8, 4) is 11.3 Å². The molecule has 0 aliphatic carbocycles. The molecule has 3 aromatic rings. The summed E-state index contributed by atoms with van der Waals surface area (Å²) < 4.78 is 39.3. The van der Waals surface area contributed by atoms with E-state index in [1.54, 1.807) is 17.1 Å². The number of halogens is 3. The SMILES string of the molecule is Cn1cc(-c2ccc(CNC(=O)c3ccc(C(F)(F)F)cc3)cn2)cn1. The maximum atomic E-state index is 12.5. The first-order valence-corrected chi connectivity index (χ1v) is 7.72. The van der Waals surface area contributed by atoms with Gasteiger partial charge in [-0.15, -0.1) is 0 Å². The van der Waals surface area contributed by atoms with Gasteiger partial charge in [0.25, 0.3) is 5.91 Å². The Kier molecular flexibility index (Phi) is 4.75. The van der Waals surface area contributed by atoms with Crippen molar-refractivity contribution in [3.63, 3.8) is 0 Å². The molecule has 1 aromatic carbocycles. The molecule has 0 unspecified atom stereocenters. The summed E-state index contributed by atoms with van der Waals surface area (Å²) in [6, 6.07) is 7.72. The summed E-state index contributed by atoms with van der Waals surface area (Å²) in [5, 5.41) is 6.74. The molecule has 26 heavy (non-hydrogen) atoms. The first-order valence-electron chi connectivity index (χ1n) is 7.72. The zero-order valence-corrected chi connectivity index (χ0v) is 13.8. The van der Waals surface area contributed by atoms with E-state index in [9.17, 15) is 18.0 Å². The number of amides is 1. The molecule has 1 amide bonds. The number of nitrogens with zero attached hydrogens (tertiary/aromatic N) is 3. The molecule has 0 saturated heterocycles. The molecule has 8 heteroatoms. The number of aryl methyl sites for hydroxylation is 1. The molecule has 0 aliphatic heterocycles. The van der Waals surface area contributed by atoms with E-state index in [1.807, 2.05) is 25.4 Å². The van der Waals surface area contributed by atoms with Gasteiger partial charge < -0.3 is 5.32 Å². The first kappa shape index (κ1) is 17.7. The fourth-order valence-electron chi connectivity index (χ4n) is 2.35. The molecule has 0 aliphatic rings. The van der Waals surface area contributed by atoms with Crippen LogP contribution in [-0.4, -0.2) is 20.7 Å². The van der Waals surface area contributed by atoms with Gasteiger partial charge in [0.05, 0.1) is 17.5 Å². The van der Waals surface area contributed by atoms with Crippen molar-refractivity contribution in [2.75, 3.05) is 0 Å². The lowest BCUT2D eigenvalue weighted by molar-refractivity contribution is -0.137. The van der Waals surface area contributed by atoms with Crippen molar-refractivity contribution in [3.05, 3.63) is 71.7 Å². The van der Waals surface area contributed by atoms with Crippen LogP contribution in [0.25, 0.3) is 11.3 Å². The van der Waals surface area contributed by atoms with Crippen LogP contribution in [0, 0.1) is 0 Å². The molecule has 0 radical (unpaired) electrons. The summed E-state index contributed by atoms with van der Waals surface area (Å²) >= 11 is 0. The van der Waals surface area contributed by atoms with E-state index in [-0.39, 0.29) is 12.1 Å². The molecule has 0 bridgehead atoms. The van der Waals surface area contributed by atoms with Crippen LogP contribution in [-0.2, 0) is 19.8 Å². The van der Waals surface area contributed by atoms with Gasteiger partial charge in [0.1, 0.15) is 0 Å². The number of hydrogen-bond donors (Lipinski definition) is 1. The van der Waals surface area contributed by atoms with E-state index in [1.165, 1.54) is 0 Å². The number of aromatic nitrogens is 3. The number of rotatable bonds is 4. The second kappa shape index (κ2) is 6.99. The van der Waals surface area contributed by atoms with Gasteiger partial charge in [-0.2, -0.15) is 18.3 Å². The van der Waals surface area contributed by atoms with Gasteiger partial charge in [0.15, 0.2) is 0 Å². The van der Waals surface area contributed by atoms with Gasteiger partial charge in [-0.3, -0.25) is 14.5 Å². The number of carbonyl (C=O) groups excluding carboxylic acids is 1. The van der Waals surface area contributed by atoms with Crippen LogP contribution in [0.4, 0.5) is 13.2 Å². The van der Waals surface area contributed by atoms with Gasteiger partial charge in [0.2, 0.25) is 0 Å². The Hall–Kier alpha value is -3.16. The molecule has 2 aromatic heterocycles. The highest BCUT2D eigenvalue weighted by Crippen LogP contribution is 2.29. The van der Waals surface area contributed by atoms with E-state index in [0.717, 1.165) is 41.1 Å². The molecule has 134 valence electrons. The number of nitrogens with one attached hydrogen (secondary N) is 1. The van der Waals surface area contributed by atoms with Gasteiger partial charge in [-0.25, -0.2) is 0 Å². The normalized spacial score (nSPS) is 11.4. The summed E-state index contributed by atoms with van der Waals surface area (Å²) in [6.45, 7) is 0.222. The van der Waals surface area contributed by atoms with E-state index in [4.69, 9.17) is 0 Å². The highest BCUT2D eigenvalue weighted by Gasteiger charge is 2.30. The van der Waals surface area contributed by atoms with Gasteiger partial charge >= 0.3 is 6.18 Å². The molecule has 3 rings (SSSR count). The Morgan fingerprint density at radius 3 is 2.38 bits per heavy atom. The quantitative estimate of drug-likeness (QED) is 0.775. The maximum absolute atomic E-state index is 12.5. The zero-order valence-electron chi connectivity index (χ0n) is 13.8. The summed E-state index contributed by atoms with van der Waals surface area (Å²) in [6.07, 6.45) is 0.759. The molecule has 0 fully saturated rings. The lowest BCUT2D eigenvalue weighted by Gasteiger charge is -2.08. The Bertz CT molecular complexity index is 899. The number of pyridine rings is 1. The minimum atomic E-state index is -4.42. The minimum absolute atomic E-state index is 0.165. The standard InChI is InChI=1S/C18H15F3N4O/c1-25-11-14(10-24-25)16-7-2-12(8-22-16)9-23-17(26)13-3-5-15(6-4-13)18(19,20)21/h2-8,10-11H,9H2,1H3,(H,23,26). The van der Waals surface area contributed by atoms with Crippen LogP contribution in [0.3, 0.4) is 0 Å². The van der Waals surface area contributed by atoms with Gasteiger partial charge in [-0.1, -0.05) is 6.07 Å². The number of benzene rings is 1. The molecule has 2 heterocycles. The minimum Gasteiger partial charge on any atom is -0.348 e. The topological polar surface area (TPSA) is 59.8 Å². The number of alkyl halides is 3. The third-order valence-corrected chi connectivity index (χ3v) is 3.75. The average molecular weight is 360 g/mol. The van der Waals surface area contributed by atoms with Crippen LogP contribution < -0.4 is 5.32 Å². The summed E-state index contributed by atoms with van der Waals surface area (Å²) in [4.78, 5) is 16.4. The Balaban J connectivity index is 1.61. The third kappa shape index (κ3) is 4.08. The van der Waals surface area contributed by atoms with E-state index < -0.39 is 17.6 Å². The number of hydrogen-bond acceptors (Lipinski definition) is 3. The van der Waals surface area contributed by atoms with Crippen molar-refractivity contribution < 1.29 is 18.0 Å². The molecule has 0 atom stereocenters. The van der Waals surface area contributed by atoms with Gasteiger partial charge in [0, 0.05) is 37.1 Å². The predicted octanol–water partition coefficient (Wildman–Crippen LogP) is 3.43. The van der Waals surface area contributed by atoms with Gasteiger partial charge in [-0.05, 0) is 35.9 Å². The molecular formula is C18H15F3N4O. The highest BCUT2D eigenvalue weighted by molar-refractivity contribution is 5.94. The van der Waals surface area contributed by atoms with Crippen molar-refractivity contribution in [1.29, 1.82) is 0 Å². The molecule has 0 spiro atoms. The monoisotopic (exact) mass is 360 g/mol. The Morgan fingerprint density at radius 2 is 1.85 bits per heavy atom. The lowest BCUT2D eigenvalue weighted by Crippen LogP contribution is -2.23. The lowest BCUT2D eigenvalue weighted by atomic mass is 10.1. The van der Waals surface area contributed by atoms with Crippen molar-refractivity contribution in [2.45, 2.75) is 12.7 Å². The summed E-state index contributed by atoms with van der Waals surface area (Å²) in [5.74, 6) is -0.449. The fraction of sp³-hybridized carbons (Fsp3) is 0.167. The third-order valence-electron chi connectivity index (χ3n) is 3.75. The maximum Gasteiger partial charge on any atom is 0.416 e. The number of carbonyl (C=O) groups is 1. The van der Waals surface area contributed by atoms with Crippen LogP contribution in [0.15, 0.2) is 55.0 Å². The van der Waals surface area contributed by atoms with Crippen molar-refractivity contribution in [2.24, 2.45) is 7.05 Å². The molecular weight excluding hydrogens is 345 g/mol. The van der Waals surface area contributed by atoms with E-state index >= 15 is 0 Å². The van der Waals surface area contributed by atoms with E-state index in [0.29, 0.717) is 0 Å². The second-order valence-electron chi connectivity index (χ2n) is 5.71. The smallest absolute Gasteiger partial charge is 0.348 e. The highest BCUT2D eigenvalue weighted by atomic mass is 19.4. The predicted molar refractivity (Wildman–Crippen MR) is 89.1 cm³/mol.